The normalized spacial score (nSPS) is 12.6. The number of nitrogens with one attached hydrogen (secondary N) is 1. The fourth-order valence-corrected chi connectivity index (χ4v) is 6.27. The number of nitrogens with zero attached hydrogens (tertiary/aromatic N) is 2. The minimum Gasteiger partial charge on any atom is -0.352 e. The first-order chi connectivity index (χ1) is 21.1. The van der Waals surface area contributed by atoms with Gasteiger partial charge in [0.1, 0.15) is 12.6 Å². The van der Waals surface area contributed by atoms with Crippen LogP contribution in [0.5, 0.6) is 0 Å². The summed E-state index contributed by atoms with van der Waals surface area (Å²) in [5.74, 6) is -0.763. The van der Waals surface area contributed by atoms with Crippen LogP contribution in [0.2, 0.25) is 0 Å². The molecule has 2 amide bonds. The zero-order valence-electron chi connectivity index (χ0n) is 25.8. The number of hydrogen-bond acceptors (Lipinski definition) is 4. The average molecular weight is 612 g/mol. The molecule has 0 saturated carbocycles. The van der Waals surface area contributed by atoms with Crippen LogP contribution in [0.4, 0.5) is 5.69 Å². The van der Waals surface area contributed by atoms with Crippen LogP contribution in [0, 0.1) is 13.8 Å². The molecule has 4 aromatic carbocycles. The van der Waals surface area contributed by atoms with E-state index in [1.165, 1.54) is 4.90 Å². The van der Waals surface area contributed by atoms with E-state index in [1.807, 2.05) is 100 Å². The van der Waals surface area contributed by atoms with Crippen molar-refractivity contribution in [2.24, 2.45) is 0 Å². The molecule has 8 heteroatoms. The summed E-state index contributed by atoms with van der Waals surface area (Å²) >= 11 is 0. The number of benzene rings is 4. The summed E-state index contributed by atoms with van der Waals surface area (Å²) in [7, 11) is -4.13. The fraction of sp³-hybridized carbons (Fsp3) is 0.278. The second-order valence-corrected chi connectivity index (χ2v) is 13.1. The summed E-state index contributed by atoms with van der Waals surface area (Å²) in [6.45, 7) is 7.37. The molecule has 0 aliphatic carbocycles. The van der Waals surface area contributed by atoms with Gasteiger partial charge < -0.3 is 10.2 Å². The lowest BCUT2D eigenvalue weighted by atomic mass is 10.0. The van der Waals surface area contributed by atoms with Crippen molar-refractivity contribution >= 4 is 27.5 Å². The largest absolute Gasteiger partial charge is 0.352 e. The average Bonchev–Trinajstić information content (AvgIpc) is 3.03. The van der Waals surface area contributed by atoms with Crippen LogP contribution < -0.4 is 9.62 Å². The van der Waals surface area contributed by atoms with Crippen LogP contribution in [0.25, 0.3) is 0 Å². The number of carbonyl (C=O) groups excluding carboxylic acids is 2. The maximum atomic E-state index is 14.5. The maximum absolute atomic E-state index is 14.5. The van der Waals surface area contributed by atoms with Crippen molar-refractivity contribution in [2.45, 2.75) is 64.1 Å². The summed E-state index contributed by atoms with van der Waals surface area (Å²) < 4.78 is 29.3. The first kappa shape index (κ1) is 32.5. The van der Waals surface area contributed by atoms with Crippen molar-refractivity contribution in [3.8, 4) is 0 Å². The van der Waals surface area contributed by atoms with Crippen molar-refractivity contribution < 1.29 is 18.0 Å². The highest BCUT2D eigenvalue weighted by molar-refractivity contribution is 7.92. The Balaban J connectivity index is 1.79. The zero-order valence-corrected chi connectivity index (χ0v) is 26.6. The van der Waals surface area contributed by atoms with E-state index in [4.69, 9.17) is 0 Å². The third kappa shape index (κ3) is 8.35. The number of hydrogen-bond donors (Lipinski definition) is 1. The Hall–Kier alpha value is -4.43. The Morgan fingerprint density at radius 2 is 1.27 bits per heavy atom. The van der Waals surface area contributed by atoms with E-state index in [2.05, 4.69) is 5.32 Å². The summed E-state index contributed by atoms with van der Waals surface area (Å²) in [6.07, 6.45) is 1.00. The summed E-state index contributed by atoms with van der Waals surface area (Å²) in [5.41, 5.74) is 3.98. The molecular formula is C36H41N3O4S. The van der Waals surface area contributed by atoms with Crippen molar-refractivity contribution in [2.75, 3.05) is 10.8 Å². The minimum absolute atomic E-state index is 0.0847. The molecule has 1 N–H and O–H groups in total. The van der Waals surface area contributed by atoms with E-state index < -0.39 is 28.5 Å². The molecule has 0 fully saturated rings. The number of amides is 2. The molecule has 0 heterocycles. The molecule has 44 heavy (non-hydrogen) atoms. The Bertz CT molecular complexity index is 1620. The van der Waals surface area contributed by atoms with Gasteiger partial charge in [-0.25, -0.2) is 8.42 Å². The first-order valence-electron chi connectivity index (χ1n) is 14.9. The molecule has 4 aromatic rings. The third-order valence-electron chi connectivity index (χ3n) is 7.68. The SMILES string of the molecule is CC[C@@H](C)NC(=O)[C@@H](Cc1ccccc1)N(Cc1ccccc1)C(=O)CN(c1ccc(C)cc1)S(=O)(=O)c1ccc(C)cc1. The number of aryl methyl sites for hydroxylation is 2. The summed E-state index contributed by atoms with van der Waals surface area (Å²) in [6, 6.07) is 31.6. The van der Waals surface area contributed by atoms with Crippen molar-refractivity contribution in [3.63, 3.8) is 0 Å². The highest BCUT2D eigenvalue weighted by Crippen LogP contribution is 2.26. The highest BCUT2D eigenvalue weighted by atomic mass is 32.2. The number of rotatable bonds is 13. The lowest BCUT2D eigenvalue weighted by Crippen LogP contribution is -2.54. The Labute approximate surface area is 261 Å². The lowest BCUT2D eigenvalue weighted by molar-refractivity contribution is -0.140. The smallest absolute Gasteiger partial charge is 0.264 e. The molecule has 0 radical (unpaired) electrons. The molecule has 4 rings (SSSR count). The molecule has 230 valence electrons. The topological polar surface area (TPSA) is 86.8 Å². The van der Waals surface area contributed by atoms with E-state index in [9.17, 15) is 18.0 Å². The first-order valence-corrected chi connectivity index (χ1v) is 16.4. The van der Waals surface area contributed by atoms with Gasteiger partial charge in [-0.1, -0.05) is 103 Å². The van der Waals surface area contributed by atoms with Crippen LogP contribution in [-0.4, -0.2) is 43.8 Å². The van der Waals surface area contributed by atoms with E-state index in [0.29, 0.717) is 5.69 Å². The molecule has 0 bridgehead atoms. The fourth-order valence-electron chi connectivity index (χ4n) is 4.85. The van der Waals surface area contributed by atoms with Gasteiger partial charge in [0.15, 0.2) is 0 Å². The molecule has 7 nitrogen and oxygen atoms in total. The molecule has 0 aromatic heterocycles. The van der Waals surface area contributed by atoms with Crippen LogP contribution in [0.15, 0.2) is 114 Å². The molecule has 0 saturated heterocycles. The predicted octanol–water partition coefficient (Wildman–Crippen LogP) is 6.05. The zero-order chi connectivity index (χ0) is 31.7. The standard InChI is InChI=1S/C36H41N3O4S/c1-5-29(4)37-36(41)34(24-30-12-8-6-9-13-30)38(25-31-14-10-7-11-15-31)35(40)26-39(32-20-16-27(2)17-21-32)44(42,43)33-22-18-28(3)19-23-33/h6-23,29,34H,5,24-26H2,1-4H3,(H,37,41)/t29-,34-/m1/s1. The van der Waals surface area contributed by atoms with Gasteiger partial charge >= 0.3 is 0 Å². The third-order valence-corrected chi connectivity index (χ3v) is 9.47. The van der Waals surface area contributed by atoms with Crippen LogP contribution in [0.3, 0.4) is 0 Å². The Kier molecular flexibility index (Phi) is 11.0. The van der Waals surface area contributed by atoms with Crippen LogP contribution in [-0.2, 0) is 32.6 Å². The lowest BCUT2D eigenvalue weighted by Gasteiger charge is -2.34. The molecule has 2 atom stereocenters. The second-order valence-electron chi connectivity index (χ2n) is 11.2. The van der Waals surface area contributed by atoms with Gasteiger partial charge in [0.25, 0.3) is 10.0 Å². The van der Waals surface area contributed by atoms with Crippen LogP contribution in [0.1, 0.15) is 42.5 Å². The van der Waals surface area contributed by atoms with Gasteiger partial charge in [-0.15, -0.1) is 0 Å². The van der Waals surface area contributed by atoms with Gasteiger partial charge in [0.05, 0.1) is 10.6 Å². The number of anilines is 1. The van der Waals surface area contributed by atoms with Gasteiger partial charge in [0.2, 0.25) is 11.8 Å². The maximum Gasteiger partial charge on any atom is 0.264 e. The van der Waals surface area contributed by atoms with E-state index in [-0.39, 0.29) is 29.8 Å². The highest BCUT2D eigenvalue weighted by Gasteiger charge is 2.35. The summed E-state index contributed by atoms with van der Waals surface area (Å²) in [5, 5.41) is 3.06. The molecule has 0 unspecified atom stereocenters. The summed E-state index contributed by atoms with van der Waals surface area (Å²) in [4.78, 5) is 29.9. The van der Waals surface area contributed by atoms with Gasteiger partial charge in [0, 0.05) is 19.0 Å². The van der Waals surface area contributed by atoms with E-state index >= 15 is 0 Å². The minimum atomic E-state index is -4.13. The quantitative estimate of drug-likeness (QED) is 0.199. The Morgan fingerprint density at radius 3 is 1.82 bits per heavy atom. The second kappa shape index (κ2) is 14.8. The van der Waals surface area contributed by atoms with Gasteiger partial charge in [-0.3, -0.25) is 13.9 Å². The number of sulfonamides is 1. The van der Waals surface area contributed by atoms with E-state index in [1.54, 1.807) is 36.4 Å². The van der Waals surface area contributed by atoms with Crippen molar-refractivity contribution in [1.29, 1.82) is 0 Å². The molecule has 0 aliphatic heterocycles. The van der Waals surface area contributed by atoms with Crippen LogP contribution >= 0.6 is 0 Å². The predicted molar refractivity (Wildman–Crippen MR) is 176 cm³/mol. The molecule has 0 aliphatic rings. The molecule has 0 spiro atoms. The molecular weight excluding hydrogens is 570 g/mol. The monoisotopic (exact) mass is 611 g/mol. The van der Waals surface area contributed by atoms with Gasteiger partial charge in [-0.05, 0) is 62.6 Å². The van der Waals surface area contributed by atoms with Gasteiger partial charge in [-0.2, -0.15) is 0 Å². The van der Waals surface area contributed by atoms with Crippen molar-refractivity contribution in [3.05, 3.63) is 131 Å². The Morgan fingerprint density at radius 1 is 0.750 bits per heavy atom. The van der Waals surface area contributed by atoms with Crippen molar-refractivity contribution in [1.82, 2.24) is 10.2 Å². The van der Waals surface area contributed by atoms with E-state index in [0.717, 1.165) is 33.0 Å². The number of carbonyl (C=O) groups is 2.